The molecule has 0 saturated carbocycles. The zero-order valence-electron chi connectivity index (χ0n) is 18.6. The molecule has 1 atom stereocenters. The Balaban J connectivity index is 1.42. The fourth-order valence-corrected chi connectivity index (χ4v) is 4.62. The van der Waals surface area contributed by atoms with Gasteiger partial charge in [-0.15, -0.1) is 5.10 Å². The van der Waals surface area contributed by atoms with Crippen LogP contribution in [0, 0.1) is 0 Å². The van der Waals surface area contributed by atoms with Crippen LogP contribution in [0.3, 0.4) is 0 Å². The first-order valence-corrected chi connectivity index (χ1v) is 11.4. The minimum atomic E-state index is 0.344. The maximum atomic E-state index is 5.27. The van der Waals surface area contributed by atoms with E-state index in [0.29, 0.717) is 12.6 Å². The monoisotopic (exact) mass is 422 g/mol. The molecule has 31 heavy (non-hydrogen) atoms. The fourth-order valence-electron chi connectivity index (χ4n) is 4.62. The number of methoxy groups -OCH3 is 1. The van der Waals surface area contributed by atoms with E-state index in [1.807, 2.05) is 16.8 Å². The molecule has 0 aliphatic carbocycles. The number of hydrogen-bond donors (Lipinski definition) is 2. The molecule has 2 heterocycles. The van der Waals surface area contributed by atoms with E-state index in [1.54, 1.807) is 16.9 Å². The van der Waals surface area contributed by atoms with Crippen LogP contribution in [0.1, 0.15) is 42.8 Å². The number of hydrogen-bond acceptors (Lipinski definition) is 4. The van der Waals surface area contributed by atoms with E-state index >= 15 is 0 Å². The molecule has 3 aromatic rings. The van der Waals surface area contributed by atoms with Crippen LogP contribution in [0.25, 0.3) is 0 Å². The van der Waals surface area contributed by atoms with Crippen LogP contribution >= 0.6 is 0 Å². The van der Waals surface area contributed by atoms with Crippen molar-refractivity contribution in [2.45, 2.75) is 38.9 Å². The number of benzene rings is 2. The quantitative estimate of drug-likeness (QED) is 0.529. The third kappa shape index (κ3) is 5.48. The van der Waals surface area contributed by atoms with Crippen molar-refractivity contribution < 1.29 is 14.5 Å². The van der Waals surface area contributed by atoms with E-state index in [0.717, 1.165) is 44.0 Å². The van der Waals surface area contributed by atoms with Crippen LogP contribution in [0.15, 0.2) is 54.6 Å². The van der Waals surface area contributed by atoms with Crippen LogP contribution in [0.4, 0.5) is 0 Å². The number of nitrogens with one attached hydrogen (secondary N) is 2. The number of nitrogens with zero attached hydrogens (tertiary/aromatic N) is 4. The van der Waals surface area contributed by atoms with Crippen molar-refractivity contribution in [1.29, 1.82) is 0 Å². The van der Waals surface area contributed by atoms with Gasteiger partial charge in [-0.05, 0) is 28.1 Å². The Morgan fingerprint density at radius 1 is 0.968 bits per heavy atom. The van der Waals surface area contributed by atoms with Gasteiger partial charge in [-0.25, -0.2) is 4.68 Å². The molecule has 1 aromatic heterocycles. The Bertz CT molecular complexity index is 919. The Labute approximate surface area is 184 Å². The highest BCUT2D eigenvalue weighted by atomic mass is 16.5. The van der Waals surface area contributed by atoms with Gasteiger partial charge < -0.3 is 14.5 Å². The number of aromatic nitrogens is 4. The van der Waals surface area contributed by atoms with E-state index in [4.69, 9.17) is 4.74 Å². The molecule has 0 radical (unpaired) electrons. The number of tetrazole rings is 1. The van der Waals surface area contributed by atoms with Gasteiger partial charge in [0.2, 0.25) is 5.82 Å². The highest BCUT2D eigenvalue weighted by Gasteiger charge is 2.33. The van der Waals surface area contributed by atoms with Gasteiger partial charge in [-0.3, -0.25) is 0 Å². The molecule has 0 unspecified atom stereocenters. The summed E-state index contributed by atoms with van der Waals surface area (Å²) in [6, 6.07) is 19.3. The Hall–Kier alpha value is -2.77. The van der Waals surface area contributed by atoms with E-state index in [9.17, 15) is 0 Å². The normalized spacial score (nSPS) is 19.8. The van der Waals surface area contributed by atoms with Gasteiger partial charge >= 0.3 is 0 Å². The average Bonchev–Trinajstić information content (AvgIpc) is 3.27. The third-order valence-corrected chi connectivity index (χ3v) is 6.33. The lowest BCUT2D eigenvalue weighted by atomic mass is 10.1. The number of ether oxygens (including phenoxy) is 1. The second kappa shape index (κ2) is 10.5. The number of rotatable bonds is 9. The highest BCUT2D eigenvalue weighted by molar-refractivity contribution is 5.27. The highest BCUT2D eigenvalue weighted by Crippen LogP contribution is 2.16. The largest absolute Gasteiger partial charge is 0.497 e. The molecule has 1 saturated heterocycles. The van der Waals surface area contributed by atoms with Gasteiger partial charge in [0.15, 0.2) is 0 Å². The molecule has 2 aromatic carbocycles. The summed E-state index contributed by atoms with van der Waals surface area (Å²) in [6.45, 7) is 8.73. The summed E-state index contributed by atoms with van der Waals surface area (Å²) in [6.07, 6.45) is 2.23. The summed E-state index contributed by atoms with van der Waals surface area (Å²) in [5.41, 5.74) is 2.60. The maximum absolute atomic E-state index is 5.27. The maximum Gasteiger partial charge on any atom is 0.209 e. The predicted molar refractivity (Wildman–Crippen MR) is 119 cm³/mol. The van der Waals surface area contributed by atoms with E-state index in [-0.39, 0.29) is 0 Å². The first-order valence-electron chi connectivity index (χ1n) is 11.4. The molecule has 0 bridgehead atoms. The van der Waals surface area contributed by atoms with E-state index in [1.165, 1.54) is 24.2 Å². The second-order valence-corrected chi connectivity index (χ2v) is 8.45. The van der Waals surface area contributed by atoms with Gasteiger partial charge in [0, 0.05) is 12.0 Å². The third-order valence-electron chi connectivity index (χ3n) is 6.33. The SMILES string of the molecule is CCC[C@@H](c1nnnn1Cc1ccc(OC)cc1)[NH+]1CC[NH+](Cc2ccccc2)CC1. The molecular weight excluding hydrogens is 388 g/mol. The Morgan fingerprint density at radius 3 is 2.39 bits per heavy atom. The van der Waals surface area contributed by atoms with Crippen LogP contribution in [0.5, 0.6) is 5.75 Å². The molecule has 4 rings (SSSR count). The Morgan fingerprint density at radius 2 is 1.71 bits per heavy atom. The summed E-state index contributed by atoms with van der Waals surface area (Å²) >= 11 is 0. The van der Waals surface area contributed by atoms with Crippen molar-refractivity contribution in [3.8, 4) is 5.75 Å². The molecule has 1 aliphatic rings. The van der Waals surface area contributed by atoms with Crippen molar-refractivity contribution in [2.24, 2.45) is 0 Å². The predicted octanol–water partition coefficient (Wildman–Crippen LogP) is 0.555. The van der Waals surface area contributed by atoms with Crippen molar-refractivity contribution in [2.75, 3.05) is 33.3 Å². The fraction of sp³-hybridized carbons (Fsp3) is 0.458. The van der Waals surface area contributed by atoms with E-state index < -0.39 is 0 Å². The lowest BCUT2D eigenvalue weighted by Gasteiger charge is -2.34. The summed E-state index contributed by atoms with van der Waals surface area (Å²) in [5, 5.41) is 12.8. The first-order chi connectivity index (χ1) is 15.3. The van der Waals surface area contributed by atoms with Gasteiger partial charge in [0.25, 0.3) is 0 Å². The molecule has 7 heteroatoms. The van der Waals surface area contributed by atoms with Crippen LogP contribution in [-0.4, -0.2) is 53.5 Å². The zero-order valence-corrected chi connectivity index (χ0v) is 18.6. The minimum Gasteiger partial charge on any atom is -0.497 e. The summed E-state index contributed by atoms with van der Waals surface area (Å²) in [7, 11) is 1.69. The minimum absolute atomic E-state index is 0.344. The van der Waals surface area contributed by atoms with Crippen molar-refractivity contribution in [3.05, 3.63) is 71.5 Å². The summed E-state index contributed by atoms with van der Waals surface area (Å²) in [4.78, 5) is 3.28. The Kier molecular flexibility index (Phi) is 7.27. The van der Waals surface area contributed by atoms with Crippen molar-refractivity contribution in [3.63, 3.8) is 0 Å². The molecule has 1 fully saturated rings. The van der Waals surface area contributed by atoms with Crippen LogP contribution in [0.2, 0.25) is 0 Å². The van der Waals surface area contributed by atoms with Crippen molar-refractivity contribution >= 4 is 0 Å². The first kappa shape index (κ1) is 21.5. The summed E-state index contributed by atoms with van der Waals surface area (Å²) in [5.74, 6) is 1.88. The number of quaternary nitrogens is 2. The van der Waals surface area contributed by atoms with Gasteiger partial charge in [-0.2, -0.15) is 0 Å². The second-order valence-electron chi connectivity index (χ2n) is 8.45. The summed E-state index contributed by atoms with van der Waals surface area (Å²) < 4.78 is 7.26. The van der Waals surface area contributed by atoms with Crippen LogP contribution < -0.4 is 14.5 Å². The molecule has 0 spiro atoms. The smallest absolute Gasteiger partial charge is 0.209 e. The number of piperazine rings is 1. The van der Waals surface area contributed by atoms with Crippen LogP contribution in [-0.2, 0) is 13.1 Å². The molecule has 2 N–H and O–H groups in total. The average molecular weight is 423 g/mol. The standard InChI is InChI=1S/C24H32N6O/c1-3-7-23(29-16-14-28(15-17-29)18-20-8-5-4-6-9-20)24-25-26-27-30(24)19-21-10-12-22(31-2)13-11-21/h4-6,8-13,23H,3,7,14-19H2,1-2H3/p+2/t23-/m0/s1. The van der Waals surface area contributed by atoms with Gasteiger partial charge in [0.1, 0.15) is 44.5 Å². The molecule has 0 amide bonds. The topological polar surface area (TPSA) is 61.7 Å². The molecular formula is C24H34N6O+2. The van der Waals surface area contributed by atoms with Crippen molar-refractivity contribution in [1.82, 2.24) is 20.2 Å². The van der Waals surface area contributed by atoms with Gasteiger partial charge in [-0.1, -0.05) is 55.8 Å². The molecule has 7 nitrogen and oxygen atoms in total. The molecule has 164 valence electrons. The van der Waals surface area contributed by atoms with Gasteiger partial charge in [0.05, 0.1) is 13.7 Å². The lowest BCUT2D eigenvalue weighted by molar-refractivity contribution is -1.03. The zero-order chi connectivity index (χ0) is 21.5. The lowest BCUT2D eigenvalue weighted by Crippen LogP contribution is -3.27. The van der Waals surface area contributed by atoms with E-state index in [2.05, 4.69) is 64.9 Å². The molecule has 1 aliphatic heterocycles.